The molecule has 24 heavy (non-hydrogen) atoms. The number of unbranched alkanes of at least 4 members (excludes halogenated alkanes) is 1. The first-order valence-electron chi connectivity index (χ1n) is 8.49. The summed E-state index contributed by atoms with van der Waals surface area (Å²) in [6.07, 6.45) is 7.13. The van der Waals surface area contributed by atoms with Gasteiger partial charge in [0.2, 0.25) is 0 Å². The minimum Gasteiger partial charge on any atom is -0.513 e. The van der Waals surface area contributed by atoms with Gasteiger partial charge in [0, 0.05) is 25.7 Å². The molecule has 0 spiro atoms. The zero-order valence-electron chi connectivity index (χ0n) is 14.8. The van der Waals surface area contributed by atoms with Crippen molar-refractivity contribution >= 4 is 11.9 Å². The number of rotatable bonds is 13. The minimum absolute atomic E-state index is 0.276. The highest BCUT2D eigenvalue weighted by Gasteiger charge is 2.06. The molecule has 0 atom stereocenters. The third kappa shape index (κ3) is 13.7. The maximum absolute atomic E-state index is 11.5. The highest BCUT2D eigenvalue weighted by Crippen LogP contribution is 2.06. The van der Waals surface area contributed by atoms with Gasteiger partial charge in [0.15, 0.2) is 0 Å². The van der Waals surface area contributed by atoms with Crippen molar-refractivity contribution in [1.82, 2.24) is 0 Å². The van der Waals surface area contributed by atoms with Gasteiger partial charge in [0.05, 0.1) is 24.7 Å². The molecule has 0 rings (SSSR count). The molecule has 0 aliphatic carbocycles. The zero-order chi connectivity index (χ0) is 18.2. The first kappa shape index (κ1) is 22.0. The fraction of sp³-hybridized carbons (Fsp3) is 0.667. The monoisotopic (exact) mass is 342 g/mol. The first-order chi connectivity index (χ1) is 11.5. The molecule has 0 saturated heterocycles. The van der Waals surface area contributed by atoms with Crippen LogP contribution in [-0.4, -0.2) is 35.4 Å². The van der Waals surface area contributed by atoms with Crippen molar-refractivity contribution in [2.45, 2.75) is 65.2 Å². The molecule has 0 aliphatic heterocycles. The minimum atomic E-state index is -0.287. The van der Waals surface area contributed by atoms with Gasteiger partial charge in [-0.25, -0.2) is 0 Å². The Morgan fingerprint density at radius 1 is 0.708 bits per heavy atom. The van der Waals surface area contributed by atoms with E-state index >= 15 is 0 Å². The summed E-state index contributed by atoms with van der Waals surface area (Å²) in [7, 11) is 0. The molecule has 0 aromatic rings. The Bertz CT molecular complexity index is 385. The van der Waals surface area contributed by atoms with E-state index in [-0.39, 0.29) is 38.0 Å². The quantitative estimate of drug-likeness (QED) is 0.297. The number of carbonyl (C=O) groups excluding carboxylic acids is 2. The van der Waals surface area contributed by atoms with E-state index in [0.717, 1.165) is 0 Å². The molecule has 2 N–H and O–H groups in total. The predicted molar refractivity (Wildman–Crippen MR) is 91.6 cm³/mol. The van der Waals surface area contributed by atoms with E-state index in [1.807, 2.05) is 0 Å². The fourth-order valence-corrected chi connectivity index (χ4v) is 1.85. The van der Waals surface area contributed by atoms with Gasteiger partial charge in [-0.2, -0.15) is 0 Å². The predicted octanol–water partition coefficient (Wildman–Crippen LogP) is 4.12. The number of hydrogen-bond donors (Lipinski definition) is 2. The number of aliphatic hydroxyl groups excluding tert-OH is 2. The molecule has 0 unspecified atom stereocenters. The van der Waals surface area contributed by atoms with Gasteiger partial charge in [0.1, 0.15) is 0 Å². The van der Waals surface area contributed by atoms with Crippen LogP contribution < -0.4 is 0 Å². The topological polar surface area (TPSA) is 93.1 Å². The number of carbonyl (C=O) groups is 2. The largest absolute Gasteiger partial charge is 0.513 e. The van der Waals surface area contributed by atoms with E-state index in [2.05, 4.69) is 0 Å². The van der Waals surface area contributed by atoms with E-state index in [1.54, 1.807) is 26.0 Å². The third-order valence-corrected chi connectivity index (χ3v) is 3.36. The van der Waals surface area contributed by atoms with Crippen molar-refractivity contribution < 1.29 is 29.3 Å². The van der Waals surface area contributed by atoms with E-state index in [9.17, 15) is 19.8 Å². The molecule has 0 aliphatic rings. The highest BCUT2D eigenvalue weighted by atomic mass is 16.5. The lowest BCUT2D eigenvalue weighted by Gasteiger charge is -2.06. The smallest absolute Gasteiger partial charge is 0.305 e. The Morgan fingerprint density at radius 3 is 1.42 bits per heavy atom. The summed E-state index contributed by atoms with van der Waals surface area (Å²) in [5, 5.41) is 18.5. The molecule has 0 aromatic carbocycles. The second kappa shape index (κ2) is 14.6. The van der Waals surface area contributed by atoms with Crippen LogP contribution in [0.3, 0.4) is 0 Å². The molecule has 0 saturated carbocycles. The van der Waals surface area contributed by atoms with Crippen molar-refractivity contribution in [3.8, 4) is 0 Å². The van der Waals surface area contributed by atoms with Crippen molar-refractivity contribution in [2.75, 3.05) is 13.2 Å². The summed E-state index contributed by atoms with van der Waals surface area (Å²) in [4.78, 5) is 22.9. The van der Waals surface area contributed by atoms with Crippen LogP contribution in [0.2, 0.25) is 0 Å². The van der Waals surface area contributed by atoms with E-state index in [4.69, 9.17) is 9.47 Å². The van der Waals surface area contributed by atoms with Crippen LogP contribution in [0.25, 0.3) is 0 Å². The fourth-order valence-electron chi connectivity index (χ4n) is 1.85. The van der Waals surface area contributed by atoms with Crippen LogP contribution in [0.4, 0.5) is 0 Å². The number of allylic oxidation sites excluding steroid dienone is 4. The Morgan fingerprint density at radius 2 is 1.08 bits per heavy atom. The van der Waals surface area contributed by atoms with Crippen molar-refractivity contribution in [1.29, 1.82) is 0 Å². The zero-order valence-corrected chi connectivity index (χ0v) is 14.8. The summed E-state index contributed by atoms with van der Waals surface area (Å²) in [5.41, 5.74) is 0. The van der Waals surface area contributed by atoms with Crippen molar-refractivity contribution in [2.24, 2.45) is 0 Å². The van der Waals surface area contributed by atoms with Crippen LogP contribution in [0.1, 0.15) is 65.2 Å². The Balaban J connectivity index is 3.50. The van der Waals surface area contributed by atoms with E-state index < -0.39 is 0 Å². The third-order valence-electron chi connectivity index (χ3n) is 3.36. The lowest BCUT2D eigenvalue weighted by atomic mass is 10.2. The van der Waals surface area contributed by atoms with Gasteiger partial charge in [-0.3, -0.25) is 9.59 Å². The van der Waals surface area contributed by atoms with Gasteiger partial charge in [-0.1, -0.05) is 0 Å². The van der Waals surface area contributed by atoms with E-state index in [1.165, 1.54) is 0 Å². The van der Waals surface area contributed by atoms with Gasteiger partial charge in [0.25, 0.3) is 0 Å². The second-order valence-corrected chi connectivity index (χ2v) is 5.42. The van der Waals surface area contributed by atoms with Crippen molar-refractivity contribution in [3.05, 3.63) is 23.7 Å². The summed E-state index contributed by atoms with van der Waals surface area (Å²) >= 11 is 0. The Kier molecular flexibility index (Phi) is 13.4. The molecular weight excluding hydrogens is 312 g/mol. The maximum Gasteiger partial charge on any atom is 0.305 e. The standard InChI is InChI=1S/C18H30O6/c1-3-15(19)9-7-13-23-17(21)11-5-6-12-18(22)24-14-8-10-16(20)4-2/h3-4,19-20H,5-14H2,1-2H3. The number of ether oxygens (including phenoxy) is 2. The molecule has 0 aromatic heterocycles. The summed E-state index contributed by atoms with van der Waals surface area (Å²) < 4.78 is 10.1. The molecule has 6 nitrogen and oxygen atoms in total. The molecule has 138 valence electrons. The van der Waals surface area contributed by atoms with Crippen molar-refractivity contribution in [3.63, 3.8) is 0 Å². The van der Waals surface area contributed by atoms with Gasteiger partial charge < -0.3 is 19.7 Å². The number of aliphatic hydroxyl groups is 2. The molecule has 0 amide bonds. The SMILES string of the molecule is CC=C(O)CCCOC(=O)CCCCC(=O)OCCCC(O)=CC. The van der Waals surface area contributed by atoms with Crippen LogP contribution in [0, 0.1) is 0 Å². The average Bonchev–Trinajstić information content (AvgIpc) is 2.58. The first-order valence-corrected chi connectivity index (χ1v) is 8.49. The van der Waals surface area contributed by atoms with Gasteiger partial charge in [-0.15, -0.1) is 0 Å². The molecule has 0 heterocycles. The van der Waals surface area contributed by atoms with Gasteiger partial charge in [-0.05, 0) is 51.7 Å². The van der Waals surface area contributed by atoms with Crippen LogP contribution in [0.15, 0.2) is 23.7 Å². The maximum atomic E-state index is 11.5. The van der Waals surface area contributed by atoms with Crippen LogP contribution in [-0.2, 0) is 19.1 Å². The highest BCUT2D eigenvalue weighted by molar-refractivity contribution is 5.70. The second-order valence-electron chi connectivity index (χ2n) is 5.42. The summed E-state index contributed by atoms with van der Waals surface area (Å²) in [5.74, 6) is 0.0197. The average molecular weight is 342 g/mol. The molecular formula is C18H30O6. The molecule has 0 bridgehead atoms. The number of esters is 2. The van der Waals surface area contributed by atoms with E-state index in [0.29, 0.717) is 50.0 Å². The Labute approximate surface area is 144 Å². The summed E-state index contributed by atoms with van der Waals surface area (Å²) in [6, 6.07) is 0. The molecule has 0 radical (unpaired) electrons. The molecule has 6 heteroatoms. The lowest BCUT2D eigenvalue weighted by molar-refractivity contribution is -0.146. The van der Waals surface area contributed by atoms with Crippen LogP contribution >= 0.6 is 0 Å². The number of hydrogen-bond acceptors (Lipinski definition) is 6. The normalized spacial score (nSPS) is 12.1. The lowest BCUT2D eigenvalue weighted by Crippen LogP contribution is -2.08. The Hall–Kier alpha value is -1.98. The summed E-state index contributed by atoms with van der Waals surface area (Å²) in [6.45, 7) is 4.08. The molecule has 0 fully saturated rings. The van der Waals surface area contributed by atoms with Gasteiger partial charge >= 0.3 is 11.9 Å². The van der Waals surface area contributed by atoms with Crippen LogP contribution in [0.5, 0.6) is 0 Å².